The zero-order valence-corrected chi connectivity index (χ0v) is 15.8. The Morgan fingerprint density at radius 1 is 1.16 bits per heavy atom. The van der Waals surface area contributed by atoms with Crippen molar-refractivity contribution in [3.8, 4) is 0 Å². The Hall–Kier alpha value is -1.59. The molecule has 2 heterocycles. The van der Waals surface area contributed by atoms with Gasteiger partial charge in [-0.05, 0) is 43.4 Å². The van der Waals surface area contributed by atoms with E-state index in [4.69, 9.17) is 0 Å². The first-order valence-electron chi connectivity index (χ1n) is 8.94. The lowest BCUT2D eigenvalue weighted by Crippen LogP contribution is -2.42. The van der Waals surface area contributed by atoms with E-state index in [1.807, 2.05) is 29.2 Å². The number of hydrogen-bond donors (Lipinski definition) is 2. The highest BCUT2D eigenvalue weighted by molar-refractivity contribution is 6.04. The molecule has 3 unspecified atom stereocenters. The van der Waals surface area contributed by atoms with Crippen molar-refractivity contribution in [3.05, 3.63) is 29.8 Å². The second kappa shape index (κ2) is 8.68. The Kier molecular flexibility index (Phi) is 6.85. The van der Waals surface area contributed by atoms with Crippen LogP contribution < -0.4 is 10.6 Å². The fourth-order valence-corrected chi connectivity index (χ4v) is 3.89. The van der Waals surface area contributed by atoms with Crippen LogP contribution in [0.2, 0.25) is 0 Å². The van der Waals surface area contributed by atoms with E-state index in [0.717, 1.165) is 32.5 Å². The molecule has 3 rings (SSSR count). The number of hydrogen-bond acceptors (Lipinski definition) is 3. The van der Waals surface area contributed by atoms with Gasteiger partial charge in [0.1, 0.15) is 0 Å². The molecule has 6 heteroatoms. The number of anilines is 1. The first kappa shape index (κ1) is 19.7. The molecule has 0 aliphatic carbocycles. The van der Waals surface area contributed by atoms with E-state index in [9.17, 15) is 9.59 Å². The molecule has 138 valence electrons. The molecule has 0 aromatic heterocycles. The fraction of sp³-hybridized carbons (Fsp3) is 0.579. The minimum absolute atomic E-state index is 0. The van der Waals surface area contributed by atoms with Gasteiger partial charge in [-0.2, -0.15) is 0 Å². The van der Waals surface area contributed by atoms with Crippen LogP contribution in [-0.2, 0) is 4.79 Å². The molecule has 3 atom stereocenters. The van der Waals surface area contributed by atoms with Crippen LogP contribution >= 0.6 is 12.4 Å². The van der Waals surface area contributed by atoms with Crippen molar-refractivity contribution in [2.75, 3.05) is 31.5 Å². The summed E-state index contributed by atoms with van der Waals surface area (Å²) in [5, 5.41) is 6.17. The van der Waals surface area contributed by atoms with E-state index in [0.29, 0.717) is 29.6 Å². The summed E-state index contributed by atoms with van der Waals surface area (Å²) in [5.41, 5.74) is 1.23. The number of amides is 2. The Labute approximate surface area is 155 Å². The van der Waals surface area contributed by atoms with Crippen LogP contribution in [0.1, 0.15) is 37.0 Å². The van der Waals surface area contributed by atoms with Gasteiger partial charge >= 0.3 is 0 Å². The molecular formula is C19H28ClN3O2. The largest absolute Gasteiger partial charge is 0.338 e. The van der Waals surface area contributed by atoms with E-state index in [2.05, 4.69) is 24.5 Å². The SMILES string of the molecule is CC1CC(C)CN(C(=O)c2ccccc2NC(=O)C2CCNC2)C1.Cl. The minimum Gasteiger partial charge on any atom is -0.338 e. The van der Waals surface area contributed by atoms with Gasteiger partial charge in [-0.25, -0.2) is 0 Å². The second-order valence-electron chi connectivity index (χ2n) is 7.38. The fourth-order valence-electron chi connectivity index (χ4n) is 3.89. The molecule has 2 amide bonds. The van der Waals surface area contributed by atoms with Gasteiger partial charge in [0.25, 0.3) is 5.91 Å². The van der Waals surface area contributed by atoms with Gasteiger partial charge in [0.05, 0.1) is 17.2 Å². The molecule has 5 nitrogen and oxygen atoms in total. The van der Waals surface area contributed by atoms with Crippen molar-refractivity contribution in [1.82, 2.24) is 10.2 Å². The predicted molar refractivity (Wildman–Crippen MR) is 102 cm³/mol. The zero-order valence-electron chi connectivity index (χ0n) is 15.0. The smallest absolute Gasteiger partial charge is 0.255 e. The third kappa shape index (κ3) is 4.73. The lowest BCUT2D eigenvalue weighted by atomic mass is 9.91. The van der Waals surface area contributed by atoms with E-state index < -0.39 is 0 Å². The number of nitrogens with one attached hydrogen (secondary N) is 2. The highest BCUT2D eigenvalue weighted by Crippen LogP contribution is 2.25. The van der Waals surface area contributed by atoms with Gasteiger partial charge in [0.2, 0.25) is 5.91 Å². The highest BCUT2D eigenvalue weighted by atomic mass is 35.5. The van der Waals surface area contributed by atoms with E-state index in [1.165, 1.54) is 0 Å². The maximum Gasteiger partial charge on any atom is 0.255 e. The maximum atomic E-state index is 13.0. The van der Waals surface area contributed by atoms with Crippen LogP contribution in [0.15, 0.2) is 24.3 Å². The maximum absolute atomic E-state index is 13.0. The minimum atomic E-state index is -0.0109. The number of piperidine rings is 1. The van der Waals surface area contributed by atoms with E-state index in [1.54, 1.807) is 0 Å². The highest BCUT2D eigenvalue weighted by Gasteiger charge is 2.28. The average Bonchev–Trinajstić information content (AvgIpc) is 3.08. The molecule has 2 N–H and O–H groups in total. The number of likely N-dealkylation sites (tertiary alicyclic amines) is 1. The molecule has 2 saturated heterocycles. The number of carbonyl (C=O) groups excluding carboxylic acids is 2. The standard InChI is InChI=1S/C19H27N3O2.ClH/c1-13-9-14(2)12-22(11-13)19(24)16-5-3-4-6-17(16)21-18(23)15-7-8-20-10-15;/h3-6,13-15,20H,7-12H2,1-2H3,(H,21,23);1H. The summed E-state index contributed by atoms with van der Waals surface area (Å²) in [6.07, 6.45) is 2.01. The van der Waals surface area contributed by atoms with Crippen LogP contribution in [0.4, 0.5) is 5.69 Å². The molecule has 25 heavy (non-hydrogen) atoms. The molecular weight excluding hydrogens is 338 g/mol. The Morgan fingerprint density at radius 3 is 2.48 bits per heavy atom. The lowest BCUT2D eigenvalue weighted by molar-refractivity contribution is -0.119. The summed E-state index contributed by atoms with van der Waals surface area (Å²) >= 11 is 0. The molecule has 0 radical (unpaired) electrons. The van der Waals surface area contributed by atoms with Gasteiger partial charge in [-0.1, -0.05) is 26.0 Å². The Balaban J connectivity index is 0.00000225. The predicted octanol–water partition coefficient (Wildman–Crippen LogP) is 2.77. The second-order valence-corrected chi connectivity index (χ2v) is 7.38. The number of nitrogens with zero attached hydrogens (tertiary/aromatic N) is 1. The van der Waals surface area contributed by atoms with Gasteiger partial charge < -0.3 is 15.5 Å². The summed E-state index contributed by atoms with van der Waals surface area (Å²) in [7, 11) is 0. The van der Waals surface area contributed by atoms with Gasteiger partial charge in [-0.15, -0.1) is 12.4 Å². The molecule has 2 aliphatic rings. The summed E-state index contributed by atoms with van der Waals surface area (Å²) in [6.45, 7) is 7.55. The number of halogens is 1. The Morgan fingerprint density at radius 2 is 1.84 bits per heavy atom. The summed E-state index contributed by atoms with van der Waals surface area (Å²) in [4.78, 5) is 27.3. The third-order valence-corrected chi connectivity index (χ3v) is 5.00. The molecule has 0 bridgehead atoms. The summed E-state index contributed by atoms with van der Waals surface area (Å²) < 4.78 is 0. The lowest BCUT2D eigenvalue weighted by Gasteiger charge is -2.35. The normalized spacial score (nSPS) is 26.0. The van der Waals surface area contributed by atoms with Crippen LogP contribution in [0.25, 0.3) is 0 Å². The van der Waals surface area contributed by atoms with Crippen LogP contribution in [0, 0.1) is 17.8 Å². The van der Waals surface area contributed by atoms with Gasteiger partial charge in [0.15, 0.2) is 0 Å². The molecule has 0 spiro atoms. The van der Waals surface area contributed by atoms with Crippen molar-refractivity contribution >= 4 is 29.9 Å². The molecule has 0 saturated carbocycles. The van der Waals surface area contributed by atoms with Crippen LogP contribution in [0.5, 0.6) is 0 Å². The topological polar surface area (TPSA) is 61.4 Å². The van der Waals surface area contributed by atoms with Crippen LogP contribution in [-0.4, -0.2) is 42.9 Å². The molecule has 1 aromatic rings. The van der Waals surface area contributed by atoms with Gasteiger partial charge in [0, 0.05) is 19.6 Å². The van der Waals surface area contributed by atoms with E-state index in [-0.39, 0.29) is 30.1 Å². The number of benzene rings is 1. The Bertz CT molecular complexity index is 606. The number of para-hydroxylation sites is 1. The first-order valence-corrected chi connectivity index (χ1v) is 8.94. The van der Waals surface area contributed by atoms with E-state index >= 15 is 0 Å². The van der Waals surface area contributed by atoms with Crippen molar-refractivity contribution in [2.24, 2.45) is 17.8 Å². The number of rotatable bonds is 3. The summed E-state index contributed by atoms with van der Waals surface area (Å²) in [6, 6.07) is 7.36. The van der Waals surface area contributed by atoms with Crippen LogP contribution in [0.3, 0.4) is 0 Å². The molecule has 1 aromatic carbocycles. The van der Waals surface area contributed by atoms with Gasteiger partial charge in [-0.3, -0.25) is 9.59 Å². The summed E-state index contributed by atoms with van der Waals surface area (Å²) in [5.74, 6) is 1.05. The first-order chi connectivity index (χ1) is 11.5. The average molecular weight is 366 g/mol. The molecule has 2 aliphatic heterocycles. The van der Waals surface area contributed by atoms with Crippen molar-refractivity contribution in [1.29, 1.82) is 0 Å². The quantitative estimate of drug-likeness (QED) is 0.865. The van der Waals surface area contributed by atoms with Crippen molar-refractivity contribution in [3.63, 3.8) is 0 Å². The third-order valence-electron chi connectivity index (χ3n) is 5.00. The monoisotopic (exact) mass is 365 g/mol. The van der Waals surface area contributed by atoms with Crippen molar-refractivity contribution in [2.45, 2.75) is 26.7 Å². The zero-order chi connectivity index (χ0) is 17.1. The van der Waals surface area contributed by atoms with Crippen molar-refractivity contribution < 1.29 is 9.59 Å². The number of carbonyl (C=O) groups is 2. The molecule has 2 fully saturated rings.